The normalized spacial score (nSPS) is 12.1. The highest BCUT2D eigenvalue weighted by molar-refractivity contribution is 7.89. The summed E-state index contributed by atoms with van der Waals surface area (Å²) in [5.74, 6) is -1.13. The lowest BCUT2D eigenvalue weighted by molar-refractivity contribution is -0.141. The van der Waals surface area contributed by atoms with Crippen molar-refractivity contribution >= 4 is 21.9 Å². The Balaban J connectivity index is 1.77. The molecule has 0 radical (unpaired) electrons. The molecule has 172 valence electrons. The average Bonchev–Trinajstić information content (AvgIpc) is 2.84. The van der Waals surface area contributed by atoms with Gasteiger partial charge in [-0.2, -0.15) is 0 Å². The Morgan fingerprint density at radius 3 is 1.94 bits per heavy atom. The molecular weight excluding hydrogens is 440 g/mol. The molecule has 0 aromatic heterocycles. The number of benzene rings is 3. The predicted octanol–water partition coefficient (Wildman–Crippen LogP) is 3.37. The van der Waals surface area contributed by atoms with Crippen LogP contribution in [-0.4, -0.2) is 38.3 Å². The number of hydrogen-bond acceptors (Lipinski definition) is 5. The van der Waals surface area contributed by atoms with Crippen LogP contribution in [0.4, 0.5) is 0 Å². The fourth-order valence-electron chi connectivity index (χ4n) is 3.26. The fourth-order valence-corrected chi connectivity index (χ4v) is 4.04. The monoisotopic (exact) mass is 466 g/mol. The van der Waals surface area contributed by atoms with Crippen molar-refractivity contribution in [3.63, 3.8) is 0 Å². The summed E-state index contributed by atoms with van der Waals surface area (Å²) in [5, 5.41) is 0. The topological polar surface area (TPSA) is 92.8 Å². The van der Waals surface area contributed by atoms with Crippen molar-refractivity contribution in [2.45, 2.75) is 31.0 Å². The Kier molecular flexibility index (Phi) is 7.97. The lowest BCUT2D eigenvalue weighted by Gasteiger charge is -2.26. The molecule has 0 heterocycles. The molecule has 0 saturated carbocycles. The molecule has 7 nitrogen and oxygen atoms in total. The van der Waals surface area contributed by atoms with Crippen LogP contribution in [0.25, 0.3) is 0 Å². The molecule has 8 heteroatoms. The van der Waals surface area contributed by atoms with E-state index in [1.807, 2.05) is 60.7 Å². The number of sulfonamides is 1. The Bertz CT molecular complexity index is 1160. The molecule has 33 heavy (non-hydrogen) atoms. The van der Waals surface area contributed by atoms with Gasteiger partial charge in [0.2, 0.25) is 10.0 Å². The average molecular weight is 467 g/mol. The van der Waals surface area contributed by atoms with Gasteiger partial charge in [0.25, 0.3) is 5.91 Å². The Labute approximate surface area is 194 Å². The number of carbonyl (C=O) groups excluding carboxylic acids is 2. The number of amides is 1. The Morgan fingerprint density at radius 2 is 1.42 bits per heavy atom. The molecule has 0 fully saturated rings. The van der Waals surface area contributed by atoms with Gasteiger partial charge >= 0.3 is 5.97 Å². The molecule has 0 saturated heterocycles. The first-order valence-corrected chi connectivity index (χ1v) is 11.9. The van der Waals surface area contributed by atoms with E-state index in [1.165, 1.54) is 38.2 Å². The molecule has 0 bridgehead atoms. The summed E-state index contributed by atoms with van der Waals surface area (Å²) >= 11 is 0. The van der Waals surface area contributed by atoms with Crippen molar-refractivity contribution in [3.8, 4) is 0 Å². The van der Waals surface area contributed by atoms with E-state index in [2.05, 4.69) is 4.72 Å². The van der Waals surface area contributed by atoms with Crippen LogP contribution in [0, 0.1) is 0 Å². The smallest absolute Gasteiger partial charge is 0.338 e. The number of hydrogen-bond donors (Lipinski definition) is 1. The number of ether oxygens (including phenoxy) is 1. The molecule has 0 aliphatic carbocycles. The molecule has 3 aromatic rings. The minimum absolute atomic E-state index is 0.0450. The highest BCUT2D eigenvalue weighted by Crippen LogP contribution is 2.16. The Morgan fingerprint density at radius 1 is 0.879 bits per heavy atom. The van der Waals surface area contributed by atoms with E-state index >= 15 is 0 Å². The summed E-state index contributed by atoms with van der Waals surface area (Å²) in [4.78, 5) is 27.5. The van der Waals surface area contributed by atoms with Crippen LogP contribution in [0.1, 0.15) is 28.4 Å². The third-order valence-electron chi connectivity index (χ3n) is 5.02. The maximum atomic E-state index is 13.2. The Hall–Kier alpha value is -3.49. The molecule has 0 aliphatic rings. The summed E-state index contributed by atoms with van der Waals surface area (Å²) in [5.41, 5.74) is 1.94. The minimum Gasteiger partial charge on any atom is -0.449 e. The second kappa shape index (κ2) is 10.9. The van der Waals surface area contributed by atoms with Crippen LogP contribution in [0.3, 0.4) is 0 Å². The third-order valence-corrected chi connectivity index (χ3v) is 6.44. The maximum absolute atomic E-state index is 13.2. The summed E-state index contributed by atoms with van der Waals surface area (Å²) in [6.07, 6.45) is -1.06. The predicted molar refractivity (Wildman–Crippen MR) is 125 cm³/mol. The van der Waals surface area contributed by atoms with E-state index < -0.39 is 22.1 Å². The second-order valence-electron chi connectivity index (χ2n) is 7.45. The third kappa shape index (κ3) is 6.50. The van der Waals surface area contributed by atoms with E-state index in [-0.39, 0.29) is 16.4 Å². The first kappa shape index (κ1) is 24.2. The van der Waals surface area contributed by atoms with E-state index in [9.17, 15) is 18.0 Å². The van der Waals surface area contributed by atoms with E-state index in [4.69, 9.17) is 4.74 Å². The number of esters is 1. The quantitative estimate of drug-likeness (QED) is 0.488. The van der Waals surface area contributed by atoms with Crippen LogP contribution in [0.5, 0.6) is 0 Å². The molecule has 1 amide bonds. The van der Waals surface area contributed by atoms with Crippen LogP contribution in [0.2, 0.25) is 0 Å². The number of carbonyl (C=O) groups is 2. The van der Waals surface area contributed by atoms with Crippen molar-refractivity contribution < 1.29 is 22.7 Å². The summed E-state index contributed by atoms with van der Waals surface area (Å²) in [6.45, 7) is 2.22. The highest BCUT2D eigenvalue weighted by Gasteiger charge is 2.25. The van der Waals surface area contributed by atoms with Gasteiger partial charge in [-0.25, -0.2) is 17.9 Å². The van der Waals surface area contributed by atoms with Crippen molar-refractivity contribution in [3.05, 3.63) is 102 Å². The lowest BCUT2D eigenvalue weighted by Crippen LogP contribution is -2.39. The molecule has 1 atom stereocenters. The van der Waals surface area contributed by atoms with Gasteiger partial charge in [-0.1, -0.05) is 66.7 Å². The highest BCUT2D eigenvalue weighted by atomic mass is 32.2. The van der Waals surface area contributed by atoms with Gasteiger partial charge in [0.1, 0.15) is 0 Å². The summed E-state index contributed by atoms with van der Waals surface area (Å²) in [6, 6.07) is 24.6. The second-order valence-corrected chi connectivity index (χ2v) is 9.33. The van der Waals surface area contributed by atoms with Crippen LogP contribution < -0.4 is 4.72 Å². The van der Waals surface area contributed by atoms with Gasteiger partial charge in [0.05, 0.1) is 10.5 Å². The lowest BCUT2D eigenvalue weighted by atomic mass is 10.1. The molecule has 3 aromatic carbocycles. The van der Waals surface area contributed by atoms with E-state index in [1.54, 1.807) is 4.90 Å². The zero-order valence-corrected chi connectivity index (χ0v) is 19.3. The van der Waals surface area contributed by atoms with Gasteiger partial charge in [-0.15, -0.1) is 0 Å². The summed E-state index contributed by atoms with van der Waals surface area (Å²) in [7, 11) is -2.43. The molecule has 1 unspecified atom stereocenters. The van der Waals surface area contributed by atoms with E-state index in [0.717, 1.165) is 11.1 Å². The SMILES string of the molecule is CNS(=O)(=O)c1cccc(C(=O)OC(C)C(=O)N(Cc2ccccc2)Cc2ccccc2)c1. The zero-order chi connectivity index (χ0) is 23.8. The van der Waals surface area contributed by atoms with Gasteiger partial charge in [0.15, 0.2) is 6.10 Å². The van der Waals surface area contributed by atoms with Crippen molar-refractivity contribution in [2.75, 3.05) is 7.05 Å². The molecule has 0 spiro atoms. The molecule has 1 N–H and O–H groups in total. The fraction of sp³-hybridized carbons (Fsp3) is 0.200. The standard InChI is InChI=1S/C25H26N2O5S/c1-19(32-25(29)22-14-9-15-23(16-22)33(30,31)26-2)24(28)27(17-20-10-5-3-6-11-20)18-21-12-7-4-8-13-21/h3-16,19,26H,17-18H2,1-2H3. The van der Waals surface area contributed by atoms with Crippen molar-refractivity contribution in [2.24, 2.45) is 0 Å². The maximum Gasteiger partial charge on any atom is 0.338 e. The van der Waals surface area contributed by atoms with Crippen LogP contribution >= 0.6 is 0 Å². The molecule has 3 rings (SSSR count). The molecular formula is C25H26N2O5S. The number of rotatable bonds is 9. The zero-order valence-electron chi connectivity index (χ0n) is 18.5. The van der Waals surface area contributed by atoms with Gasteiger partial charge in [0, 0.05) is 13.1 Å². The largest absolute Gasteiger partial charge is 0.449 e. The summed E-state index contributed by atoms with van der Waals surface area (Å²) < 4.78 is 31.7. The first-order chi connectivity index (χ1) is 15.8. The van der Waals surface area contributed by atoms with E-state index in [0.29, 0.717) is 13.1 Å². The van der Waals surface area contributed by atoms with Gasteiger partial charge < -0.3 is 9.64 Å². The molecule has 0 aliphatic heterocycles. The van der Waals surface area contributed by atoms with Crippen LogP contribution in [0.15, 0.2) is 89.8 Å². The van der Waals surface area contributed by atoms with Gasteiger partial charge in [-0.05, 0) is 43.3 Å². The van der Waals surface area contributed by atoms with Crippen LogP contribution in [-0.2, 0) is 32.6 Å². The van der Waals surface area contributed by atoms with Crippen molar-refractivity contribution in [1.29, 1.82) is 0 Å². The number of nitrogens with zero attached hydrogens (tertiary/aromatic N) is 1. The van der Waals surface area contributed by atoms with Crippen molar-refractivity contribution in [1.82, 2.24) is 9.62 Å². The number of nitrogens with one attached hydrogen (secondary N) is 1. The van der Waals surface area contributed by atoms with Gasteiger partial charge in [-0.3, -0.25) is 4.79 Å². The first-order valence-electron chi connectivity index (χ1n) is 10.4. The minimum atomic E-state index is -3.71.